The maximum atomic E-state index is 12.3. The van der Waals surface area contributed by atoms with Crippen LogP contribution in [-0.4, -0.2) is 48.2 Å². The van der Waals surface area contributed by atoms with Gasteiger partial charge in [-0.25, -0.2) is 9.50 Å². The van der Waals surface area contributed by atoms with Crippen LogP contribution in [0.4, 0.5) is 0 Å². The fourth-order valence-corrected chi connectivity index (χ4v) is 3.78. The lowest BCUT2D eigenvalue weighted by Gasteiger charge is -2.11. The van der Waals surface area contributed by atoms with Crippen LogP contribution in [0.25, 0.3) is 16.4 Å². The summed E-state index contributed by atoms with van der Waals surface area (Å²) in [5.41, 5.74) is -0.0160. The summed E-state index contributed by atoms with van der Waals surface area (Å²) in [4.78, 5) is 32.1. The van der Waals surface area contributed by atoms with Gasteiger partial charge in [-0.3, -0.25) is 14.6 Å². The molecule has 0 unspecified atom stereocenters. The van der Waals surface area contributed by atoms with E-state index < -0.39 is 18.4 Å². The van der Waals surface area contributed by atoms with Gasteiger partial charge in [0.25, 0.3) is 5.91 Å². The number of hydrogen-bond acceptors (Lipinski definition) is 7. The third kappa shape index (κ3) is 3.21. The van der Waals surface area contributed by atoms with E-state index in [1.54, 1.807) is 12.4 Å². The molecule has 0 saturated heterocycles. The lowest BCUT2D eigenvalue weighted by Crippen LogP contribution is -2.29. The molecular formula is C18H13N5O4S. The lowest BCUT2D eigenvalue weighted by atomic mass is 10.2. The Morgan fingerprint density at radius 3 is 2.86 bits per heavy atom. The number of benzene rings is 1. The van der Waals surface area contributed by atoms with Crippen molar-refractivity contribution in [2.75, 3.05) is 6.54 Å². The standard InChI is InChI=1S/C18H13N5O4S/c24-12-5-14(28-13-7-19-6-10-3-1-2-4-11(10)13)23-17(21-9-22-23)16(12)18(27)20-8-15(25)26/h1-7,9,24H,8H2,(H,20,27)(H,25,26). The summed E-state index contributed by atoms with van der Waals surface area (Å²) >= 11 is 1.32. The Bertz CT molecular complexity index is 1220. The molecule has 0 fully saturated rings. The van der Waals surface area contributed by atoms with Gasteiger partial charge in [-0.15, -0.1) is 0 Å². The van der Waals surface area contributed by atoms with Gasteiger partial charge >= 0.3 is 5.97 Å². The number of carbonyl (C=O) groups is 2. The normalized spacial score (nSPS) is 11.0. The van der Waals surface area contributed by atoms with Crippen LogP contribution in [0.3, 0.4) is 0 Å². The highest BCUT2D eigenvalue weighted by Crippen LogP contribution is 2.35. The third-order valence-corrected chi connectivity index (χ3v) is 5.02. The molecular weight excluding hydrogens is 382 g/mol. The summed E-state index contributed by atoms with van der Waals surface area (Å²) in [7, 11) is 0. The van der Waals surface area contributed by atoms with E-state index in [4.69, 9.17) is 5.11 Å². The van der Waals surface area contributed by atoms with Crippen LogP contribution in [0, 0.1) is 0 Å². The van der Waals surface area contributed by atoms with Crippen molar-refractivity contribution >= 4 is 40.1 Å². The molecule has 0 spiro atoms. The molecule has 9 nitrogen and oxygen atoms in total. The number of aromatic nitrogens is 4. The SMILES string of the molecule is O=C(O)CNC(=O)c1c(O)cc(Sc2cncc3ccccc23)n2ncnc12. The van der Waals surface area contributed by atoms with Crippen molar-refractivity contribution in [1.29, 1.82) is 0 Å². The molecule has 0 saturated carbocycles. The molecule has 0 aliphatic carbocycles. The molecule has 1 aromatic carbocycles. The van der Waals surface area contributed by atoms with Crippen LogP contribution < -0.4 is 5.32 Å². The first-order chi connectivity index (χ1) is 13.5. The number of rotatable bonds is 5. The van der Waals surface area contributed by atoms with Crippen LogP contribution in [0.1, 0.15) is 10.4 Å². The van der Waals surface area contributed by atoms with E-state index >= 15 is 0 Å². The maximum Gasteiger partial charge on any atom is 0.322 e. The zero-order valence-electron chi connectivity index (χ0n) is 14.2. The van der Waals surface area contributed by atoms with Gasteiger partial charge in [-0.1, -0.05) is 36.0 Å². The summed E-state index contributed by atoms with van der Waals surface area (Å²) in [5.74, 6) is -2.26. The molecule has 0 bridgehead atoms. The van der Waals surface area contributed by atoms with Gasteiger partial charge in [0.15, 0.2) is 5.65 Å². The van der Waals surface area contributed by atoms with Crippen LogP contribution >= 0.6 is 11.8 Å². The van der Waals surface area contributed by atoms with Gasteiger partial charge in [-0.05, 0) is 5.39 Å². The quantitative estimate of drug-likeness (QED) is 0.467. The van der Waals surface area contributed by atoms with Crippen molar-refractivity contribution < 1.29 is 19.8 Å². The molecule has 0 aliphatic heterocycles. The first-order valence-corrected chi connectivity index (χ1v) is 8.92. The second-order valence-electron chi connectivity index (χ2n) is 5.78. The minimum atomic E-state index is -1.19. The van der Waals surface area contributed by atoms with E-state index in [9.17, 15) is 14.7 Å². The topological polar surface area (TPSA) is 130 Å². The van der Waals surface area contributed by atoms with Gasteiger partial charge in [-0.2, -0.15) is 5.10 Å². The highest BCUT2D eigenvalue weighted by Gasteiger charge is 2.21. The molecule has 10 heteroatoms. The zero-order chi connectivity index (χ0) is 19.7. The van der Waals surface area contributed by atoms with Crippen molar-refractivity contribution in [3.63, 3.8) is 0 Å². The number of carboxylic acids is 1. The Morgan fingerprint density at radius 1 is 1.21 bits per heavy atom. The number of aliphatic carboxylic acids is 1. The molecule has 0 aliphatic rings. The maximum absolute atomic E-state index is 12.3. The summed E-state index contributed by atoms with van der Waals surface area (Å²) < 4.78 is 1.42. The number of nitrogens with zero attached hydrogens (tertiary/aromatic N) is 4. The summed E-state index contributed by atoms with van der Waals surface area (Å²) in [6.45, 7) is -0.573. The minimum absolute atomic E-state index is 0.124. The highest BCUT2D eigenvalue weighted by atomic mass is 32.2. The van der Waals surface area contributed by atoms with Gasteiger partial charge < -0.3 is 15.5 Å². The summed E-state index contributed by atoms with van der Waals surface area (Å²) in [6, 6.07) is 9.15. The van der Waals surface area contributed by atoms with Crippen LogP contribution in [-0.2, 0) is 4.79 Å². The average molecular weight is 395 g/mol. The Labute approximate surface area is 162 Å². The van der Waals surface area contributed by atoms with E-state index in [2.05, 4.69) is 20.4 Å². The monoisotopic (exact) mass is 395 g/mol. The fourth-order valence-electron chi connectivity index (χ4n) is 2.76. The van der Waals surface area contributed by atoms with E-state index in [1.807, 2.05) is 24.3 Å². The largest absolute Gasteiger partial charge is 0.507 e. The molecule has 3 aromatic heterocycles. The van der Waals surface area contributed by atoms with Crippen molar-refractivity contribution in [3.8, 4) is 5.75 Å². The number of aromatic hydroxyl groups is 1. The number of nitrogens with one attached hydrogen (secondary N) is 1. The Hall–Kier alpha value is -3.66. The molecule has 28 heavy (non-hydrogen) atoms. The first-order valence-electron chi connectivity index (χ1n) is 8.11. The molecule has 4 rings (SSSR count). The smallest absolute Gasteiger partial charge is 0.322 e. The Kier molecular flexibility index (Phi) is 4.53. The average Bonchev–Trinajstić information content (AvgIpc) is 3.16. The number of amides is 1. The fraction of sp³-hybridized carbons (Fsp3) is 0.0556. The van der Waals surface area contributed by atoms with Crippen LogP contribution in [0.5, 0.6) is 5.75 Å². The lowest BCUT2D eigenvalue weighted by molar-refractivity contribution is -0.135. The van der Waals surface area contributed by atoms with Gasteiger partial charge in [0.05, 0.1) is 0 Å². The number of hydrogen-bond donors (Lipinski definition) is 3. The number of fused-ring (bicyclic) bond motifs is 2. The van der Waals surface area contributed by atoms with Crippen LogP contribution in [0.2, 0.25) is 0 Å². The molecule has 140 valence electrons. The van der Waals surface area contributed by atoms with Crippen molar-refractivity contribution in [1.82, 2.24) is 24.9 Å². The molecule has 0 radical (unpaired) electrons. The number of pyridine rings is 2. The first kappa shape index (κ1) is 17.7. The van der Waals surface area contributed by atoms with Gasteiger partial charge in [0.1, 0.15) is 29.2 Å². The Morgan fingerprint density at radius 2 is 2.04 bits per heavy atom. The van der Waals surface area contributed by atoms with Gasteiger partial charge in [0.2, 0.25) is 0 Å². The minimum Gasteiger partial charge on any atom is -0.507 e. The van der Waals surface area contributed by atoms with E-state index in [-0.39, 0.29) is 17.0 Å². The molecule has 3 heterocycles. The van der Waals surface area contributed by atoms with Crippen molar-refractivity contribution in [3.05, 3.63) is 54.6 Å². The molecule has 4 aromatic rings. The molecule has 0 atom stereocenters. The van der Waals surface area contributed by atoms with E-state index in [0.29, 0.717) is 5.03 Å². The number of carbonyl (C=O) groups excluding carboxylic acids is 1. The Balaban J connectivity index is 1.77. The third-order valence-electron chi connectivity index (χ3n) is 3.97. The van der Waals surface area contributed by atoms with Gasteiger partial charge in [0, 0.05) is 28.7 Å². The summed E-state index contributed by atoms with van der Waals surface area (Å²) in [6.07, 6.45) is 4.73. The highest BCUT2D eigenvalue weighted by molar-refractivity contribution is 7.99. The van der Waals surface area contributed by atoms with E-state index in [1.165, 1.54) is 28.7 Å². The second-order valence-corrected chi connectivity index (χ2v) is 6.84. The predicted molar refractivity (Wildman–Crippen MR) is 100 cm³/mol. The van der Waals surface area contributed by atoms with Crippen molar-refractivity contribution in [2.24, 2.45) is 0 Å². The second kappa shape index (κ2) is 7.16. The van der Waals surface area contributed by atoms with Crippen molar-refractivity contribution in [2.45, 2.75) is 9.92 Å². The summed E-state index contributed by atoms with van der Waals surface area (Å²) in [5, 5.41) is 28.0. The number of carboxylic acid groups (broad SMARTS) is 1. The zero-order valence-corrected chi connectivity index (χ0v) is 15.1. The molecule has 1 amide bonds. The van der Waals surface area contributed by atoms with E-state index in [0.717, 1.165) is 15.7 Å². The predicted octanol–water partition coefficient (Wildman–Crippen LogP) is 1.95. The molecule has 3 N–H and O–H groups in total. The van der Waals surface area contributed by atoms with Crippen LogP contribution in [0.15, 0.2) is 59.0 Å².